The van der Waals surface area contributed by atoms with Crippen molar-refractivity contribution in [2.24, 2.45) is 10.8 Å². The van der Waals surface area contributed by atoms with E-state index >= 15 is 0 Å². The SMILES string of the molecule is CC(C)(C)C1=CC[C-]=C1.CC(C)(C)C1=CC[C-]=C1.[CH3][Ge]([CH3])=[Hf+2].[Cl-].[Cl-]. The van der Waals surface area contributed by atoms with Crippen LogP contribution < -0.4 is 24.8 Å². The van der Waals surface area contributed by atoms with E-state index in [2.05, 4.69) is 89.5 Å². The molecule has 0 aliphatic heterocycles. The van der Waals surface area contributed by atoms with E-state index in [0.717, 1.165) is 12.8 Å². The number of allylic oxidation sites excluding steroid dienone is 8. The molecule has 0 aromatic carbocycles. The zero-order chi connectivity index (χ0) is 17.4. The maximum Gasteiger partial charge on any atom is -1.00 e. The van der Waals surface area contributed by atoms with Crippen molar-refractivity contribution in [1.82, 2.24) is 0 Å². The largest absolute Gasteiger partial charge is 1.00 e. The molecule has 2 aliphatic rings. The van der Waals surface area contributed by atoms with Crippen LogP contribution in [0, 0.1) is 23.0 Å². The third kappa shape index (κ3) is 15.2. The van der Waals surface area contributed by atoms with Gasteiger partial charge in [0.25, 0.3) is 0 Å². The molecule has 0 nitrogen and oxygen atoms in total. The molecule has 24 heavy (non-hydrogen) atoms. The van der Waals surface area contributed by atoms with Crippen LogP contribution in [-0.4, -0.2) is 10.1 Å². The predicted molar refractivity (Wildman–Crippen MR) is 97.4 cm³/mol. The van der Waals surface area contributed by atoms with Crippen LogP contribution >= 0.6 is 0 Å². The Labute approximate surface area is 179 Å². The summed E-state index contributed by atoms with van der Waals surface area (Å²) in [5.41, 5.74) is 3.48. The standard InChI is InChI=1S/2C9H13.C2H6Ge.2ClH.Hf/c2*1-9(2,3)8-6-4-5-7-8;1-3-2;;;/h2*6-7H,4H2,1-3H3;1-2H3;2*1H;/q2*-1;;;;+2/p-2. The van der Waals surface area contributed by atoms with E-state index in [4.69, 9.17) is 0 Å². The quantitative estimate of drug-likeness (QED) is 0.279. The molecule has 0 fully saturated rings. The summed E-state index contributed by atoms with van der Waals surface area (Å²) in [7, 11) is -0.194. The summed E-state index contributed by atoms with van der Waals surface area (Å²) in [5.74, 6) is 4.79. The van der Waals surface area contributed by atoms with Crippen molar-refractivity contribution < 1.29 is 46.1 Å². The van der Waals surface area contributed by atoms with Crippen LogP contribution in [0.5, 0.6) is 0 Å². The fourth-order valence-corrected chi connectivity index (χ4v) is 1.84. The van der Waals surface area contributed by atoms with E-state index in [1.54, 1.807) is 0 Å². The molecule has 2 aliphatic carbocycles. The molecule has 0 aromatic rings. The van der Waals surface area contributed by atoms with E-state index in [1.165, 1.54) is 32.4 Å². The molecule has 0 heterocycles. The van der Waals surface area contributed by atoms with Crippen LogP contribution in [0.2, 0.25) is 11.5 Å². The van der Waals surface area contributed by atoms with Crippen LogP contribution in [0.4, 0.5) is 0 Å². The van der Waals surface area contributed by atoms with Crippen LogP contribution in [0.15, 0.2) is 35.5 Å². The van der Waals surface area contributed by atoms with Crippen LogP contribution in [0.3, 0.4) is 0 Å². The summed E-state index contributed by atoms with van der Waals surface area (Å²) < 4.78 is 0. The molecule has 136 valence electrons. The van der Waals surface area contributed by atoms with Crippen molar-refractivity contribution in [3.63, 3.8) is 0 Å². The van der Waals surface area contributed by atoms with Gasteiger partial charge in [0.2, 0.25) is 0 Å². The first kappa shape index (κ1) is 29.7. The van der Waals surface area contributed by atoms with E-state index in [9.17, 15) is 0 Å². The first-order chi connectivity index (χ1) is 9.94. The summed E-state index contributed by atoms with van der Waals surface area (Å²) in [6.45, 7) is 13.3. The molecule has 0 spiro atoms. The Morgan fingerprint density at radius 2 is 1.04 bits per heavy atom. The fraction of sp³-hybridized carbons (Fsp3) is 0.600. The molecule has 4 heteroatoms. The van der Waals surface area contributed by atoms with Gasteiger partial charge in [0.1, 0.15) is 0 Å². The normalized spacial score (nSPS) is 14.9. The molecule has 0 amide bonds. The minimum Gasteiger partial charge on any atom is -1.00 e. The van der Waals surface area contributed by atoms with Gasteiger partial charge < -0.3 is 24.8 Å². The van der Waals surface area contributed by atoms with Crippen molar-refractivity contribution >= 4 is 10.1 Å². The van der Waals surface area contributed by atoms with Gasteiger partial charge in [-0.2, -0.15) is 23.3 Å². The minimum atomic E-state index is -0.194. The zero-order valence-corrected chi connectivity index (χ0v) is 23.7. The van der Waals surface area contributed by atoms with Gasteiger partial charge in [0, 0.05) is 0 Å². The first-order valence-corrected chi connectivity index (χ1v) is 22.6. The fourth-order valence-electron chi connectivity index (χ4n) is 1.84. The van der Waals surface area contributed by atoms with Crippen LogP contribution in [0.25, 0.3) is 0 Å². The molecule has 0 unspecified atom stereocenters. The number of hydrogen-bond acceptors (Lipinski definition) is 0. The third-order valence-corrected chi connectivity index (χ3v) is 3.13. The second-order valence-corrected chi connectivity index (χ2v) is 30.8. The average Bonchev–Trinajstić information content (AvgIpc) is 3.02. The van der Waals surface area contributed by atoms with E-state index in [1.807, 2.05) is 0 Å². The van der Waals surface area contributed by atoms with E-state index < -0.39 is 0 Å². The summed E-state index contributed by atoms with van der Waals surface area (Å²) in [6, 6.07) is 0. The number of rotatable bonds is 0. The zero-order valence-electron chi connectivity index (χ0n) is 16.5. The number of halogens is 2. The Hall–Kier alpha value is 0.953. The smallest absolute Gasteiger partial charge is 1.00 e. The Balaban J connectivity index is -0.000000283. The van der Waals surface area contributed by atoms with Crippen LogP contribution in [-0.2, 0) is 21.3 Å². The van der Waals surface area contributed by atoms with Gasteiger partial charge in [-0.1, -0.05) is 52.4 Å². The van der Waals surface area contributed by atoms with Gasteiger partial charge in [-0.15, -0.1) is 12.8 Å². The summed E-state index contributed by atoms with van der Waals surface area (Å²) in [4.78, 5) is 0. The topological polar surface area (TPSA) is 0 Å². The second kappa shape index (κ2) is 14.1. The van der Waals surface area contributed by atoms with Gasteiger partial charge in [0.15, 0.2) is 0 Å². The van der Waals surface area contributed by atoms with E-state index in [-0.39, 0.29) is 34.9 Å². The molecular weight excluding hydrogens is 562 g/mol. The van der Waals surface area contributed by atoms with Gasteiger partial charge in [-0.25, -0.2) is 12.2 Å². The average molecular weight is 594 g/mol. The molecule has 0 aromatic heterocycles. The molecule has 0 saturated heterocycles. The van der Waals surface area contributed by atoms with Gasteiger partial charge in [-0.3, -0.25) is 12.2 Å². The molecular formula is C20H32Cl2GeHf-2. The van der Waals surface area contributed by atoms with Crippen molar-refractivity contribution in [2.45, 2.75) is 65.9 Å². The predicted octanol–water partition coefficient (Wildman–Crippen LogP) is 0.236. The minimum absolute atomic E-state index is 0. The Kier molecular flexibility index (Phi) is 17.4. The Morgan fingerprint density at radius 1 is 0.792 bits per heavy atom. The third-order valence-electron chi connectivity index (χ3n) is 3.13. The van der Waals surface area contributed by atoms with Gasteiger partial charge >= 0.3 is 42.8 Å². The van der Waals surface area contributed by atoms with Crippen molar-refractivity contribution in [3.8, 4) is 0 Å². The maximum atomic E-state index is 3.16. The van der Waals surface area contributed by atoms with Gasteiger partial charge in [-0.05, 0) is 0 Å². The maximum absolute atomic E-state index is 3.16. The Bertz CT molecular complexity index is 443. The van der Waals surface area contributed by atoms with E-state index in [0.29, 0.717) is 10.8 Å². The first-order valence-electron chi connectivity index (χ1n) is 8.01. The monoisotopic (exact) mass is 596 g/mol. The van der Waals surface area contributed by atoms with Gasteiger partial charge in [0.05, 0.1) is 0 Å². The second-order valence-electron chi connectivity index (χ2n) is 7.92. The molecule has 2 rings (SSSR count). The summed E-state index contributed by atoms with van der Waals surface area (Å²) >= 11 is 1.52. The molecule has 0 atom stereocenters. The summed E-state index contributed by atoms with van der Waals surface area (Å²) in [6.07, 6.45) is 17.0. The number of hydrogen-bond donors (Lipinski definition) is 0. The van der Waals surface area contributed by atoms with Crippen molar-refractivity contribution in [1.29, 1.82) is 0 Å². The Morgan fingerprint density at radius 3 is 1.12 bits per heavy atom. The molecule has 0 bridgehead atoms. The summed E-state index contributed by atoms with van der Waals surface area (Å²) in [5, 5.41) is 0. The van der Waals surface area contributed by atoms with Crippen molar-refractivity contribution in [3.05, 3.63) is 47.6 Å². The van der Waals surface area contributed by atoms with Crippen LogP contribution in [0.1, 0.15) is 54.4 Å². The molecule has 0 radical (unpaired) electrons. The molecule has 0 saturated carbocycles. The van der Waals surface area contributed by atoms with Crippen molar-refractivity contribution in [2.75, 3.05) is 0 Å². The molecule has 0 N–H and O–H groups in total.